The van der Waals surface area contributed by atoms with Crippen LogP contribution in [0.25, 0.3) is 22.8 Å². The van der Waals surface area contributed by atoms with Gasteiger partial charge in [0.25, 0.3) is 0 Å². The van der Waals surface area contributed by atoms with E-state index in [4.69, 9.17) is 11.6 Å². The van der Waals surface area contributed by atoms with Crippen LogP contribution in [0.1, 0.15) is 5.56 Å². The van der Waals surface area contributed by atoms with Gasteiger partial charge in [-0.05, 0) is 22.9 Å². The molecule has 1 aliphatic rings. The summed E-state index contributed by atoms with van der Waals surface area (Å²) in [6.07, 6.45) is 1.48. The van der Waals surface area contributed by atoms with E-state index in [0.29, 0.717) is 11.5 Å². The van der Waals surface area contributed by atoms with E-state index in [2.05, 4.69) is 35.5 Å². The fraction of sp³-hybridized carbons (Fsp3) is 0.214. The summed E-state index contributed by atoms with van der Waals surface area (Å²) < 4.78 is 0. The summed E-state index contributed by atoms with van der Waals surface area (Å²) in [6.45, 7) is 3.20. The number of nitrogens with one attached hydrogen (secondary N) is 1. The Labute approximate surface area is 131 Å². The Morgan fingerprint density at radius 2 is 2.00 bits per heavy atom. The largest absolute Gasteiger partial charge is 0.296 e. The van der Waals surface area contributed by atoms with Crippen molar-refractivity contribution in [2.24, 2.45) is 0 Å². The first kappa shape index (κ1) is 13.3. The third-order valence-corrected chi connectivity index (χ3v) is 3.88. The normalized spacial score (nSPS) is 14.2. The van der Waals surface area contributed by atoms with Gasteiger partial charge >= 0.3 is 0 Å². The zero-order chi connectivity index (χ0) is 14.9. The van der Waals surface area contributed by atoms with Crippen molar-refractivity contribution >= 4 is 11.6 Å². The first-order valence-corrected chi connectivity index (χ1v) is 7.24. The summed E-state index contributed by atoms with van der Waals surface area (Å²) in [5.41, 5.74) is 3.46. The molecule has 3 aromatic rings. The SMILES string of the molecule is Clc1cc(-c2cc(-c3nn[nH]n3)ncn2)ccc1CN1CC1. The Hall–Kier alpha value is -2.38. The smallest absolute Gasteiger partial charge is 0.223 e. The number of benzene rings is 1. The molecule has 1 N–H and O–H groups in total. The molecule has 22 heavy (non-hydrogen) atoms. The molecule has 0 bridgehead atoms. The fourth-order valence-electron chi connectivity index (χ4n) is 2.21. The van der Waals surface area contributed by atoms with E-state index in [0.717, 1.165) is 41.5 Å². The Bertz CT molecular complexity index is 799. The number of rotatable bonds is 4. The second-order valence-corrected chi connectivity index (χ2v) is 5.51. The van der Waals surface area contributed by atoms with Gasteiger partial charge in [-0.2, -0.15) is 5.21 Å². The van der Waals surface area contributed by atoms with Crippen LogP contribution >= 0.6 is 11.6 Å². The van der Waals surface area contributed by atoms with Gasteiger partial charge in [-0.15, -0.1) is 10.2 Å². The Balaban J connectivity index is 1.66. The number of nitrogens with zero attached hydrogens (tertiary/aromatic N) is 6. The maximum Gasteiger partial charge on any atom is 0.223 e. The number of aromatic amines is 1. The molecule has 0 atom stereocenters. The molecule has 0 aliphatic carbocycles. The summed E-state index contributed by atoms with van der Waals surface area (Å²) in [5.74, 6) is 0.438. The van der Waals surface area contributed by atoms with Gasteiger partial charge in [0, 0.05) is 30.2 Å². The number of halogens is 1. The lowest BCUT2D eigenvalue weighted by molar-refractivity contribution is 0.556. The van der Waals surface area contributed by atoms with Gasteiger partial charge in [0.05, 0.1) is 5.69 Å². The second kappa shape index (κ2) is 5.43. The molecule has 7 nitrogen and oxygen atoms in total. The molecule has 110 valence electrons. The van der Waals surface area contributed by atoms with E-state index >= 15 is 0 Å². The molecule has 0 amide bonds. The summed E-state index contributed by atoms with van der Waals surface area (Å²) in [6, 6.07) is 7.82. The maximum atomic E-state index is 6.38. The Kier molecular flexibility index (Phi) is 3.28. The lowest BCUT2D eigenvalue weighted by Gasteiger charge is -2.07. The van der Waals surface area contributed by atoms with Crippen molar-refractivity contribution in [3.8, 4) is 22.8 Å². The van der Waals surface area contributed by atoms with Crippen LogP contribution < -0.4 is 0 Å². The molecule has 0 unspecified atom stereocenters. The van der Waals surface area contributed by atoms with Crippen LogP contribution in [0.3, 0.4) is 0 Å². The predicted octanol–water partition coefficient (Wildman–Crippen LogP) is 1.79. The molecule has 0 saturated carbocycles. The highest BCUT2D eigenvalue weighted by Gasteiger charge is 2.18. The van der Waals surface area contributed by atoms with Gasteiger partial charge in [0.2, 0.25) is 5.82 Å². The standard InChI is InChI=1S/C14H12ClN7/c15-11-5-9(1-2-10(11)7-22-3-4-22)12-6-13(17-8-16-12)14-18-20-21-19-14/h1-2,5-6,8H,3-4,7H2,(H,18,19,20,21). The third-order valence-electron chi connectivity index (χ3n) is 3.52. The van der Waals surface area contributed by atoms with E-state index in [9.17, 15) is 0 Å². The van der Waals surface area contributed by atoms with Crippen LogP contribution in [-0.4, -0.2) is 48.6 Å². The predicted molar refractivity (Wildman–Crippen MR) is 80.9 cm³/mol. The van der Waals surface area contributed by atoms with Crippen LogP contribution in [0.5, 0.6) is 0 Å². The molecular formula is C14H12ClN7. The molecule has 1 aromatic carbocycles. The molecule has 2 aromatic heterocycles. The van der Waals surface area contributed by atoms with Crippen LogP contribution in [0, 0.1) is 0 Å². The summed E-state index contributed by atoms with van der Waals surface area (Å²) in [4.78, 5) is 10.8. The minimum atomic E-state index is 0.438. The van der Waals surface area contributed by atoms with Crippen molar-refractivity contribution in [2.45, 2.75) is 6.54 Å². The van der Waals surface area contributed by atoms with Crippen molar-refractivity contribution in [3.05, 3.63) is 41.2 Å². The van der Waals surface area contributed by atoms with E-state index < -0.39 is 0 Å². The summed E-state index contributed by atoms with van der Waals surface area (Å²) in [7, 11) is 0. The molecule has 1 saturated heterocycles. The quantitative estimate of drug-likeness (QED) is 0.739. The average Bonchev–Trinajstić information content (AvgIpc) is 3.19. The Morgan fingerprint density at radius 1 is 1.14 bits per heavy atom. The monoisotopic (exact) mass is 313 g/mol. The molecule has 3 heterocycles. The van der Waals surface area contributed by atoms with Crippen molar-refractivity contribution in [3.63, 3.8) is 0 Å². The Morgan fingerprint density at radius 3 is 2.73 bits per heavy atom. The van der Waals surface area contributed by atoms with Crippen LogP contribution in [0.4, 0.5) is 0 Å². The number of aromatic nitrogens is 6. The van der Waals surface area contributed by atoms with E-state index in [1.807, 2.05) is 24.3 Å². The second-order valence-electron chi connectivity index (χ2n) is 5.11. The first-order valence-electron chi connectivity index (χ1n) is 6.86. The van der Waals surface area contributed by atoms with Crippen LogP contribution in [-0.2, 0) is 6.54 Å². The van der Waals surface area contributed by atoms with Gasteiger partial charge in [-0.25, -0.2) is 9.97 Å². The first-order chi connectivity index (χ1) is 10.8. The highest BCUT2D eigenvalue weighted by Crippen LogP contribution is 2.27. The highest BCUT2D eigenvalue weighted by atomic mass is 35.5. The van der Waals surface area contributed by atoms with Crippen molar-refractivity contribution in [2.75, 3.05) is 13.1 Å². The van der Waals surface area contributed by atoms with Gasteiger partial charge in [0.1, 0.15) is 12.0 Å². The zero-order valence-electron chi connectivity index (χ0n) is 11.6. The zero-order valence-corrected chi connectivity index (χ0v) is 12.3. The minimum Gasteiger partial charge on any atom is -0.296 e. The van der Waals surface area contributed by atoms with E-state index in [1.165, 1.54) is 6.33 Å². The topological polar surface area (TPSA) is 83.2 Å². The fourth-order valence-corrected chi connectivity index (χ4v) is 2.45. The third kappa shape index (κ3) is 2.68. The van der Waals surface area contributed by atoms with Gasteiger partial charge in [0.15, 0.2) is 0 Å². The molecular weight excluding hydrogens is 302 g/mol. The summed E-state index contributed by atoms with van der Waals surface area (Å²) >= 11 is 6.38. The van der Waals surface area contributed by atoms with Crippen molar-refractivity contribution in [1.82, 2.24) is 35.5 Å². The van der Waals surface area contributed by atoms with Gasteiger partial charge in [-0.3, -0.25) is 4.90 Å². The van der Waals surface area contributed by atoms with Crippen molar-refractivity contribution < 1.29 is 0 Å². The minimum absolute atomic E-state index is 0.438. The maximum absolute atomic E-state index is 6.38. The number of hydrogen-bond acceptors (Lipinski definition) is 6. The molecule has 4 rings (SSSR count). The molecule has 0 radical (unpaired) electrons. The lowest BCUT2D eigenvalue weighted by atomic mass is 10.1. The van der Waals surface area contributed by atoms with E-state index in [-0.39, 0.29) is 0 Å². The molecule has 8 heteroatoms. The number of tetrazole rings is 1. The van der Waals surface area contributed by atoms with Crippen molar-refractivity contribution in [1.29, 1.82) is 0 Å². The van der Waals surface area contributed by atoms with Crippen LogP contribution in [0.15, 0.2) is 30.6 Å². The van der Waals surface area contributed by atoms with E-state index in [1.54, 1.807) is 0 Å². The van der Waals surface area contributed by atoms with Crippen LogP contribution in [0.2, 0.25) is 5.02 Å². The summed E-state index contributed by atoms with van der Waals surface area (Å²) in [5, 5.41) is 14.6. The lowest BCUT2D eigenvalue weighted by Crippen LogP contribution is -1.98. The highest BCUT2D eigenvalue weighted by molar-refractivity contribution is 6.31. The molecule has 1 aliphatic heterocycles. The molecule has 0 spiro atoms. The molecule has 1 fully saturated rings. The number of hydrogen-bond donors (Lipinski definition) is 1. The average molecular weight is 314 g/mol. The number of H-pyrrole nitrogens is 1. The van der Waals surface area contributed by atoms with Gasteiger partial charge < -0.3 is 0 Å². The van der Waals surface area contributed by atoms with Gasteiger partial charge in [-0.1, -0.05) is 23.7 Å².